The van der Waals surface area contributed by atoms with Crippen molar-refractivity contribution in [1.29, 1.82) is 0 Å². The van der Waals surface area contributed by atoms with Crippen molar-refractivity contribution in [3.8, 4) is 5.75 Å². The van der Waals surface area contributed by atoms with E-state index in [2.05, 4.69) is 21.9 Å². The number of aliphatic hydroxyl groups excluding tert-OH is 1. The molecule has 0 amide bonds. The van der Waals surface area contributed by atoms with E-state index in [0.29, 0.717) is 16.9 Å². The van der Waals surface area contributed by atoms with Crippen molar-refractivity contribution in [3.05, 3.63) is 35.1 Å². The molecular formula is C19H25ClN4O2. The van der Waals surface area contributed by atoms with Gasteiger partial charge in [-0.1, -0.05) is 24.6 Å². The quantitative estimate of drug-likeness (QED) is 0.888. The van der Waals surface area contributed by atoms with Gasteiger partial charge < -0.3 is 14.7 Å². The number of nitrogens with zero attached hydrogens (tertiary/aromatic N) is 4. The number of fused-ring (bicyclic) bond motifs is 1. The van der Waals surface area contributed by atoms with Crippen LogP contribution in [-0.4, -0.2) is 45.2 Å². The Kier molecular flexibility index (Phi) is 4.80. The molecule has 140 valence electrons. The maximum atomic E-state index is 10.6. The van der Waals surface area contributed by atoms with Gasteiger partial charge in [0.15, 0.2) is 5.82 Å². The maximum Gasteiger partial charge on any atom is 0.223 e. The highest BCUT2D eigenvalue weighted by Gasteiger charge is 2.43. The fourth-order valence-corrected chi connectivity index (χ4v) is 4.43. The predicted octanol–water partition coefficient (Wildman–Crippen LogP) is 2.69. The molecule has 1 aromatic heterocycles. The SMILES string of the molecule is CCc1nc(N2C[C@H]3C[C@@H](Oc4cccc(Cl)c4)[C@H](O)C[C@H]3C2)n(C)n1. The number of ether oxygens (including phenoxy) is 1. The molecule has 2 aromatic rings. The molecule has 1 aromatic carbocycles. The van der Waals surface area contributed by atoms with E-state index in [1.54, 1.807) is 6.07 Å². The Morgan fingerprint density at radius 1 is 1.27 bits per heavy atom. The first-order valence-corrected chi connectivity index (χ1v) is 9.66. The summed E-state index contributed by atoms with van der Waals surface area (Å²) < 4.78 is 7.92. The lowest BCUT2D eigenvalue weighted by Gasteiger charge is -2.35. The lowest BCUT2D eigenvalue weighted by Crippen LogP contribution is -2.42. The lowest BCUT2D eigenvalue weighted by molar-refractivity contribution is -0.0231. The summed E-state index contributed by atoms with van der Waals surface area (Å²) in [4.78, 5) is 6.95. The van der Waals surface area contributed by atoms with Crippen molar-refractivity contribution in [2.24, 2.45) is 18.9 Å². The molecule has 1 N–H and O–H groups in total. The molecule has 0 bridgehead atoms. The van der Waals surface area contributed by atoms with Gasteiger partial charge >= 0.3 is 0 Å². The monoisotopic (exact) mass is 376 g/mol. The Morgan fingerprint density at radius 2 is 2.04 bits per heavy atom. The average molecular weight is 377 g/mol. The first kappa shape index (κ1) is 17.6. The van der Waals surface area contributed by atoms with E-state index in [-0.39, 0.29) is 6.10 Å². The third kappa shape index (κ3) is 3.40. The summed E-state index contributed by atoms with van der Waals surface area (Å²) in [5.74, 6) is 3.48. The van der Waals surface area contributed by atoms with Gasteiger partial charge in [-0.25, -0.2) is 4.68 Å². The molecule has 1 saturated heterocycles. The first-order chi connectivity index (χ1) is 12.5. The molecular weight excluding hydrogens is 352 g/mol. The molecule has 4 rings (SSSR count). The Hall–Kier alpha value is -1.79. The number of aliphatic hydroxyl groups is 1. The smallest absolute Gasteiger partial charge is 0.223 e. The lowest BCUT2D eigenvalue weighted by atomic mass is 9.78. The number of hydrogen-bond donors (Lipinski definition) is 1. The van der Waals surface area contributed by atoms with Crippen LogP contribution < -0.4 is 9.64 Å². The van der Waals surface area contributed by atoms with Crippen LogP contribution in [0.4, 0.5) is 5.95 Å². The van der Waals surface area contributed by atoms with Crippen molar-refractivity contribution in [2.45, 2.75) is 38.4 Å². The molecule has 1 aliphatic carbocycles. The minimum atomic E-state index is -0.458. The van der Waals surface area contributed by atoms with E-state index in [9.17, 15) is 5.11 Å². The molecule has 0 radical (unpaired) electrons. The van der Waals surface area contributed by atoms with E-state index in [4.69, 9.17) is 16.3 Å². The summed E-state index contributed by atoms with van der Waals surface area (Å²) in [7, 11) is 1.95. The van der Waals surface area contributed by atoms with Crippen LogP contribution in [-0.2, 0) is 13.5 Å². The molecule has 7 heteroatoms. The molecule has 0 spiro atoms. The van der Waals surface area contributed by atoms with E-state index in [1.165, 1.54) is 0 Å². The second kappa shape index (κ2) is 7.08. The van der Waals surface area contributed by atoms with E-state index < -0.39 is 6.10 Å². The van der Waals surface area contributed by atoms with Crippen molar-refractivity contribution >= 4 is 17.5 Å². The Morgan fingerprint density at radius 3 is 2.73 bits per heavy atom. The van der Waals surface area contributed by atoms with Crippen LogP contribution >= 0.6 is 11.6 Å². The first-order valence-electron chi connectivity index (χ1n) is 9.28. The van der Waals surface area contributed by atoms with Crippen LogP contribution in [0.2, 0.25) is 5.02 Å². The van der Waals surface area contributed by atoms with Gasteiger partial charge in [-0.15, -0.1) is 0 Å². The normalized spacial score (nSPS) is 28.2. The summed E-state index contributed by atoms with van der Waals surface area (Å²) in [5, 5.41) is 15.7. The summed E-state index contributed by atoms with van der Waals surface area (Å²) >= 11 is 6.04. The van der Waals surface area contributed by atoms with Gasteiger partial charge in [0.1, 0.15) is 11.9 Å². The Bertz CT molecular complexity index is 781. The number of aromatic nitrogens is 3. The maximum absolute atomic E-state index is 10.6. The van der Waals surface area contributed by atoms with E-state index in [1.807, 2.05) is 29.9 Å². The van der Waals surface area contributed by atoms with Gasteiger partial charge in [0.25, 0.3) is 0 Å². The van der Waals surface area contributed by atoms with Crippen LogP contribution in [0.1, 0.15) is 25.6 Å². The van der Waals surface area contributed by atoms with E-state index in [0.717, 1.165) is 49.9 Å². The third-order valence-corrected chi connectivity index (χ3v) is 5.79. The van der Waals surface area contributed by atoms with Gasteiger partial charge in [0.2, 0.25) is 5.95 Å². The van der Waals surface area contributed by atoms with Crippen LogP contribution in [0.3, 0.4) is 0 Å². The van der Waals surface area contributed by atoms with Crippen LogP contribution in [0.25, 0.3) is 0 Å². The second-order valence-corrected chi connectivity index (χ2v) is 7.82. The van der Waals surface area contributed by atoms with Crippen LogP contribution in [0.5, 0.6) is 5.75 Å². The van der Waals surface area contributed by atoms with E-state index >= 15 is 0 Å². The summed E-state index contributed by atoms with van der Waals surface area (Å²) in [6, 6.07) is 7.37. The minimum absolute atomic E-state index is 0.194. The van der Waals surface area contributed by atoms with Crippen molar-refractivity contribution in [2.75, 3.05) is 18.0 Å². The van der Waals surface area contributed by atoms with Crippen molar-refractivity contribution in [1.82, 2.24) is 14.8 Å². The molecule has 2 aliphatic rings. The summed E-state index contributed by atoms with van der Waals surface area (Å²) in [6.07, 6.45) is 1.78. The standard InChI is InChI=1S/C19H25ClN4O2/c1-3-18-21-19(23(2)22-18)24-10-12-7-16(25)17(8-13(12)11-24)26-15-6-4-5-14(20)9-15/h4-6,9,12-13,16-17,25H,3,7-8,10-11H2,1-2H3/t12-,13+,16+,17+/m0/s1. The zero-order valence-electron chi connectivity index (χ0n) is 15.2. The van der Waals surface area contributed by atoms with Gasteiger partial charge in [0, 0.05) is 31.6 Å². The fraction of sp³-hybridized carbons (Fsp3) is 0.579. The zero-order valence-corrected chi connectivity index (χ0v) is 15.9. The zero-order chi connectivity index (χ0) is 18.3. The Labute approximate surface area is 158 Å². The highest BCUT2D eigenvalue weighted by Crippen LogP contribution is 2.39. The fourth-order valence-electron chi connectivity index (χ4n) is 4.25. The largest absolute Gasteiger partial charge is 0.488 e. The molecule has 26 heavy (non-hydrogen) atoms. The topological polar surface area (TPSA) is 63.4 Å². The molecule has 1 aliphatic heterocycles. The molecule has 4 atom stereocenters. The molecule has 0 unspecified atom stereocenters. The number of anilines is 1. The average Bonchev–Trinajstić information content (AvgIpc) is 3.18. The van der Waals surface area contributed by atoms with Gasteiger partial charge in [-0.2, -0.15) is 10.1 Å². The van der Waals surface area contributed by atoms with Crippen LogP contribution in [0, 0.1) is 11.8 Å². The highest BCUT2D eigenvalue weighted by molar-refractivity contribution is 6.30. The molecule has 1 saturated carbocycles. The number of benzene rings is 1. The minimum Gasteiger partial charge on any atom is -0.488 e. The third-order valence-electron chi connectivity index (χ3n) is 5.55. The number of aryl methyl sites for hydroxylation is 2. The van der Waals surface area contributed by atoms with Crippen molar-refractivity contribution in [3.63, 3.8) is 0 Å². The molecule has 6 nitrogen and oxygen atoms in total. The summed E-state index contributed by atoms with van der Waals surface area (Å²) in [5.41, 5.74) is 0. The number of rotatable bonds is 4. The van der Waals surface area contributed by atoms with Gasteiger partial charge in [-0.05, 0) is 42.9 Å². The van der Waals surface area contributed by atoms with Crippen molar-refractivity contribution < 1.29 is 9.84 Å². The predicted molar refractivity (Wildman–Crippen MR) is 101 cm³/mol. The highest BCUT2D eigenvalue weighted by atomic mass is 35.5. The van der Waals surface area contributed by atoms with Crippen LogP contribution in [0.15, 0.2) is 24.3 Å². The Balaban J connectivity index is 1.45. The molecule has 2 fully saturated rings. The molecule has 2 heterocycles. The second-order valence-electron chi connectivity index (χ2n) is 7.38. The van der Waals surface area contributed by atoms with Gasteiger partial charge in [-0.3, -0.25) is 0 Å². The number of hydrogen-bond acceptors (Lipinski definition) is 5. The summed E-state index contributed by atoms with van der Waals surface area (Å²) in [6.45, 7) is 3.92. The van der Waals surface area contributed by atoms with Gasteiger partial charge in [0.05, 0.1) is 6.10 Å². The number of halogens is 1.